The van der Waals surface area contributed by atoms with Gasteiger partial charge in [-0.2, -0.15) is 0 Å². The van der Waals surface area contributed by atoms with Gasteiger partial charge in [-0.25, -0.2) is 8.78 Å². The van der Waals surface area contributed by atoms with Crippen molar-refractivity contribution in [2.24, 2.45) is 0 Å². The maximum Gasteiger partial charge on any atom is 0.269 e. The fraction of sp³-hybridized carbons (Fsp3) is 0.0870. The molecule has 0 fully saturated rings. The van der Waals surface area contributed by atoms with Crippen molar-refractivity contribution in [1.29, 1.82) is 0 Å². The number of hydrogen-bond acceptors (Lipinski definition) is 5. The predicted octanol–water partition coefficient (Wildman–Crippen LogP) is 5.38. The predicted molar refractivity (Wildman–Crippen MR) is 108 cm³/mol. The molecule has 0 amide bonds. The molecule has 0 bridgehead atoms. The highest BCUT2D eigenvalue weighted by Crippen LogP contribution is 2.39. The number of fused-ring (bicyclic) bond motifs is 1. The summed E-state index contributed by atoms with van der Waals surface area (Å²) in [6.07, 6.45) is 1.49. The molecule has 6 nitrogen and oxygen atoms in total. The highest BCUT2D eigenvalue weighted by molar-refractivity contribution is 6.14. The van der Waals surface area contributed by atoms with Crippen molar-refractivity contribution in [2.75, 3.05) is 0 Å². The smallest absolute Gasteiger partial charge is 0.269 e. The minimum absolute atomic E-state index is 0.0595. The average Bonchev–Trinajstić information content (AvgIpc) is 3.06. The zero-order valence-electron chi connectivity index (χ0n) is 16.2. The van der Waals surface area contributed by atoms with Gasteiger partial charge < -0.3 is 9.47 Å². The van der Waals surface area contributed by atoms with Gasteiger partial charge in [-0.15, -0.1) is 0 Å². The molecule has 156 valence electrons. The molecule has 0 spiro atoms. The van der Waals surface area contributed by atoms with Crippen LogP contribution in [0.2, 0.25) is 0 Å². The van der Waals surface area contributed by atoms with E-state index in [0.717, 1.165) is 12.1 Å². The molecule has 0 unspecified atom stereocenters. The second-order valence-corrected chi connectivity index (χ2v) is 6.84. The molecule has 0 N–H and O–H groups in total. The average molecular weight is 423 g/mol. The lowest BCUT2D eigenvalue weighted by molar-refractivity contribution is -0.384. The zero-order chi connectivity index (χ0) is 22.1. The normalized spacial score (nSPS) is 13.8. The summed E-state index contributed by atoms with van der Waals surface area (Å²) >= 11 is 0. The van der Waals surface area contributed by atoms with E-state index in [9.17, 15) is 23.7 Å². The first-order valence-electron chi connectivity index (χ1n) is 9.23. The lowest BCUT2D eigenvalue weighted by Gasteiger charge is -2.12. The highest BCUT2D eigenvalue weighted by atomic mass is 19.1. The molecule has 1 aliphatic heterocycles. The number of Topliss-reactive ketones (excluding diaryl/α,β-unsaturated/α-hetero) is 1. The number of carbonyl (C=O) groups excluding carboxylic acids is 1. The summed E-state index contributed by atoms with van der Waals surface area (Å²) < 4.78 is 38.9. The van der Waals surface area contributed by atoms with Gasteiger partial charge in [0.05, 0.1) is 16.1 Å². The van der Waals surface area contributed by atoms with Crippen molar-refractivity contribution in [2.45, 2.75) is 13.5 Å². The number of nitrogens with zero attached hydrogens (tertiary/aromatic N) is 1. The van der Waals surface area contributed by atoms with Crippen LogP contribution in [0.1, 0.15) is 27.0 Å². The van der Waals surface area contributed by atoms with Crippen LogP contribution in [0.3, 0.4) is 0 Å². The number of non-ortho nitro benzene ring substituents is 1. The number of benzene rings is 3. The number of ether oxygens (including phenoxy) is 2. The van der Waals surface area contributed by atoms with Gasteiger partial charge in [0, 0.05) is 17.7 Å². The monoisotopic (exact) mass is 423 g/mol. The summed E-state index contributed by atoms with van der Waals surface area (Å²) in [6.45, 7) is 1.35. The van der Waals surface area contributed by atoms with Gasteiger partial charge in [-0.05, 0) is 55.0 Å². The summed E-state index contributed by atoms with van der Waals surface area (Å²) in [5.74, 6) is -1.08. The summed E-state index contributed by atoms with van der Waals surface area (Å²) in [4.78, 5) is 22.9. The van der Waals surface area contributed by atoms with E-state index in [2.05, 4.69) is 0 Å². The molecule has 3 aromatic carbocycles. The Morgan fingerprint density at radius 3 is 2.39 bits per heavy atom. The lowest BCUT2D eigenvalue weighted by atomic mass is 10.1. The summed E-state index contributed by atoms with van der Waals surface area (Å²) in [5, 5.41) is 10.8. The van der Waals surface area contributed by atoms with Gasteiger partial charge in [0.2, 0.25) is 5.78 Å². The fourth-order valence-electron chi connectivity index (χ4n) is 3.19. The summed E-state index contributed by atoms with van der Waals surface area (Å²) in [6, 6.07) is 12.3. The van der Waals surface area contributed by atoms with Crippen LogP contribution in [0.4, 0.5) is 14.5 Å². The molecule has 0 saturated heterocycles. The number of carbonyl (C=O) groups is 1. The van der Waals surface area contributed by atoms with Gasteiger partial charge in [-0.3, -0.25) is 14.9 Å². The highest BCUT2D eigenvalue weighted by Gasteiger charge is 2.30. The number of allylic oxidation sites excluding steroid dienone is 1. The van der Waals surface area contributed by atoms with Crippen LogP contribution in [0.15, 0.2) is 60.4 Å². The molecule has 0 saturated carbocycles. The Morgan fingerprint density at radius 1 is 1.06 bits per heavy atom. The Morgan fingerprint density at radius 2 is 1.74 bits per heavy atom. The van der Waals surface area contributed by atoms with Gasteiger partial charge >= 0.3 is 0 Å². The molecule has 8 heteroatoms. The molecule has 0 radical (unpaired) electrons. The van der Waals surface area contributed by atoms with Crippen molar-refractivity contribution in [3.63, 3.8) is 0 Å². The molecule has 3 aromatic rings. The number of nitro groups is 1. The molecule has 0 aliphatic carbocycles. The van der Waals surface area contributed by atoms with Crippen LogP contribution in [-0.2, 0) is 6.61 Å². The third-order valence-corrected chi connectivity index (χ3v) is 4.87. The fourth-order valence-corrected chi connectivity index (χ4v) is 3.19. The third-order valence-electron chi connectivity index (χ3n) is 4.87. The minimum atomic E-state index is -0.710. The number of halogens is 2. The molecule has 1 aliphatic rings. The molecule has 0 atom stereocenters. The number of rotatable bonds is 5. The molecule has 4 rings (SSSR count). The van der Waals surface area contributed by atoms with Gasteiger partial charge in [-0.1, -0.05) is 6.07 Å². The standard InChI is InChI=1S/C23H15F2NO5/c1-13-20(30-12-17-18(24)3-2-4-19(17)25)10-9-16-22(27)21(31-23(13)16)11-14-5-7-15(8-6-14)26(28)29/h2-11H,12H2,1H3/b21-11-. The largest absolute Gasteiger partial charge is 0.488 e. The Hall–Kier alpha value is -4.07. The van der Waals surface area contributed by atoms with Crippen molar-refractivity contribution in [1.82, 2.24) is 0 Å². The van der Waals surface area contributed by atoms with Crippen LogP contribution in [-0.4, -0.2) is 10.7 Å². The Labute approximate surface area is 175 Å². The van der Waals surface area contributed by atoms with Gasteiger partial charge in [0.1, 0.15) is 29.7 Å². The Balaban J connectivity index is 1.57. The first-order chi connectivity index (χ1) is 14.8. The zero-order valence-corrected chi connectivity index (χ0v) is 16.2. The van der Waals surface area contributed by atoms with E-state index in [0.29, 0.717) is 28.2 Å². The van der Waals surface area contributed by atoms with E-state index in [1.165, 1.54) is 42.5 Å². The molecule has 1 heterocycles. The number of hydrogen-bond donors (Lipinski definition) is 0. The first kappa shape index (κ1) is 20.2. The maximum atomic E-state index is 13.8. The van der Waals surface area contributed by atoms with Crippen LogP contribution < -0.4 is 9.47 Å². The van der Waals surface area contributed by atoms with Gasteiger partial charge in [0.15, 0.2) is 5.76 Å². The van der Waals surface area contributed by atoms with E-state index in [1.54, 1.807) is 13.0 Å². The van der Waals surface area contributed by atoms with Crippen LogP contribution in [0.5, 0.6) is 11.5 Å². The second kappa shape index (κ2) is 7.98. The Kier molecular flexibility index (Phi) is 5.21. The van der Waals surface area contributed by atoms with E-state index in [4.69, 9.17) is 9.47 Å². The van der Waals surface area contributed by atoms with E-state index in [-0.39, 0.29) is 29.4 Å². The van der Waals surface area contributed by atoms with Crippen LogP contribution >= 0.6 is 0 Å². The van der Waals surface area contributed by atoms with E-state index < -0.39 is 16.6 Å². The topological polar surface area (TPSA) is 78.7 Å². The third kappa shape index (κ3) is 3.87. The van der Waals surface area contributed by atoms with Crippen molar-refractivity contribution >= 4 is 17.5 Å². The van der Waals surface area contributed by atoms with Crippen molar-refractivity contribution in [3.05, 3.63) is 104 Å². The van der Waals surface area contributed by atoms with Crippen molar-refractivity contribution < 1.29 is 28.0 Å². The quantitative estimate of drug-likeness (QED) is 0.313. The number of nitro benzene ring substituents is 1. The summed E-state index contributed by atoms with van der Waals surface area (Å²) in [7, 11) is 0. The number of ketones is 1. The maximum absolute atomic E-state index is 13.8. The Bertz CT molecular complexity index is 1220. The van der Waals surface area contributed by atoms with E-state index >= 15 is 0 Å². The minimum Gasteiger partial charge on any atom is -0.488 e. The van der Waals surface area contributed by atoms with E-state index in [1.807, 2.05) is 0 Å². The lowest BCUT2D eigenvalue weighted by Crippen LogP contribution is -2.03. The molecular formula is C23H15F2NO5. The molecule has 0 aromatic heterocycles. The van der Waals surface area contributed by atoms with Crippen LogP contribution in [0.25, 0.3) is 6.08 Å². The first-order valence-corrected chi connectivity index (χ1v) is 9.23. The van der Waals surface area contributed by atoms with Gasteiger partial charge in [0.25, 0.3) is 5.69 Å². The van der Waals surface area contributed by atoms with Crippen molar-refractivity contribution in [3.8, 4) is 11.5 Å². The second-order valence-electron chi connectivity index (χ2n) is 6.84. The SMILES string of the molecule is Cc1c(OCc2c(F)cccc2F)ccc2c1O/C(=C\c1ccc([N+](=O)[O-])cc1)C2=O. The van der Waals surface area contributed by atoms with Crippen LogP contribution in [0, 0.1) is 28.7 Å². The summed E-state index contributed by atoms with van der Waals surface area (Å²) in [5.41, 5.74) is 1.14. The molecular weight excluding hydrogens is 408 g/mol. The molecule has 31 heavy (non-hydrogen) atoms.